The Bertz CT molecular complexity index is 748. The Hall–Kier alpha value is -0.810. The fourth-order valence-corrected chi connectivity index (χ4v) is 7.53. The van der Waals surface area contributed by atoms with Crippen LogP contribution >= 0.6 is 0 Å². The highest BCUT2D eigenvalue weighted by Crippen LogP contribution is 2.32. The Kier molecular flexibility index (Phi) is 28.0. The van der Waals surface area contributed by atoms with E-state index < -0.39 is 23.5 Å². The minimum Gasteiger partial charge on any atom is -0.444 e. The quantitative estimate of drug-likeness (QED) is 0.0695. The molecule has 1 fully saturated rings. The normalized spacial score (nSPS) is 16.8. The van der Waals surface area contributed by atoms with Crippen LogP contribution in [0.2, 0.25) is 0 Å². The first-order valence-electron chi connectivity index (χ1n) is 21.9. The van der Waals surface area contributed by atoms with Crippen LogP contribution in [0.15, 0.2) is 0 Å². The van der Waals surface area contributed by atoms with Crippen molar-refractivity contribution in [3.8, 4) is 0 Å². The van der Waals surface area contributed by atoms with Gasteiger partial charge in [0.05, 0.1) is 18.8 Å². The average Bonchev–Trinajstić information content (AvgIpc) is 3.37. The molecule has 0 spiro atoms. The molecule has 1 aliphatic rings. The number of hydrogen-bond donors (Lipinski definition) is 1. The third-order valence-electron chi connectivity index (χ3n) is 10.7. The lowest BCUT2D eigenvalue weighted by atomic mass is 10.0. The standard InChI is InChI=1S/C44H87NO4/c1-7-8-9-10-11-12-13-14-15-16-17-18-19-20-21-22-23-24-25-26-27-28-29-30-31-32-33-34-35-36-37-38-41(46)40-39-48-44(5,6)45(40)42(47)49-43(2,3)4/h40-41,46H,7-39H2,1-6H3/t40-,41+/m0/s1. The summed E-state index contributed by atoms with van der Waals surface area (Å²) in [6, 6.07) is -0.349. The largest absolute Gasteiger partial charge is 0.444 e. The van der Waals surface area contributed by atoms with Crippen molar-refractivity contribution in [1.29, 1.82) is 0 Å². The number of unbranched alkanes of at least 4 members (excludes halogenated alkanes) is 30. The van der Waals surface area contributed by atoms with Crippen LogP contribution in [0, 0.1) is 0 Å². The molecule has 1 amide bonds. The Morgan fingerprint density at radius 3 is 1.18 bits per heavy atom. The third kappa shape index (κ3) is 25.7. The SMILES string of the molecule is CCCCCCCCCCCCCCCCCCCCCCCCCCCCCCCCC[C@@H](O)[C@@H]1COC(C)(C)N1C(=O)OC(C)(C)C. The van der Waals surface area contributed by atoms with E-state index in [1.807, 2.05) is 34.6 Å². The van der Waals surface area contributed by atoms with E-state index in [-0.39, 0.29) is 6.04 Å². The van der Waals surface area contributed by atoms with Crippen LogP contribution in [0.1, 0.15) is 247 Å². The van der Waals surface area contributed by atoms with Crippen LogP contribution in [-0.2, 0) is 9.47 Å². The number of hydrogen-bond acceptors (Lipinski definition) is 4. The molecule has 0 aromatic rings. The van der Waals surface area contributed by atoms with Gasteiger partial charge in [0.2, 0.25) is 0 Å². The van der Waals surface area contributed by atoms with Crippen molar-refractivity contribution < 1.29 is 19.4 Å². The van der Waals surface area contributed by atoms with Crippen molar-refractivity contribution in [2.24, 2.45) is 0 Å². The van der Waals surface area contributed by atoms with Gasteiger partial charge >= 0.3 is 6.09 Å². The molecule has 2 atom stereocenters. The number of aliphatic hydroxyl groups is 1. The first-order chi connectivity index (χ1) is 23.6. The molecule has 1 rings (SSSR count). The van der Waals surface area contributed by atoms with Crippen LogP contribution in [0.4, 0.5) is 4.79 Å². The molecule has 1 N–H and O–H groups in total. The molecule has 1 aliphatic heterocycles. The minimum atomic E-state index is -0.765. The molecule has 5 nitrogen and oxygen atoms in total. The summed E-state index contributed by atoms with van der Waals surface area (Å²) in [5, 5.41) is 10.9. The summed E-state index contributed by atoms with van der Waals surface area (Å²) < 4.78 is 11.5. The summed E-state index contributed by atoms with van der Waals surface area (Å²) >= 11 is 0. The van der Waals surface area contributed by atoms with E-state index >= 15 is 0 Å². The third-order valence-corrected chi connectivity index (χ3v) is 10.7. The fourth-order valence-electron chi connectivity index (χ4n) is 7.53. The zero-order valence-electron chi connectivity index (χ0n) is 34.1. The highest BCUT2D eigenvalue weighted by atomic mass is 16.6. The number of carbonyl (C=O) groups is 1. The zero-order valence-corrected chi connectivity index (χ0v) is 34.1. The van der Waals surface area contributed by atoms with Crippen molar-refractivity contribution in [2.45, 2.75) is 270 Å². The topological polar surface area (TPSA) is 59.0 Å². The molecule has 0 aromatic carbocycles. The maximum Gasteiger partial charge on any atom is 0.412 e. The van der Waals surface area contributed by atoms with Crippen LogP contribution in [0.3, 0.4) is 0 Å². The van der Waals surface area contributed by atoms with E-state index in [2.05, 4.69) is 6.92 Å². The van der Waals surface area contributed by atoms with Gasteiger partial charge < -0.3 is 14.6 Å². The van der Waals surface area contributed by atoms with Gasteiger partial charge in [0.25, 0.3) is 0 Å². The number of ether oxygens (including phenoxy) is 2. The number of rotatable bonds is 33. The monoisotopic (exact) mass is 694 g/mol. The molecule has 292 valence electrons. The summed E-state index contributed by atoms with van der Waals surface area (Å²) in [6.07, 6.45) is 43.3. The second kappa shape index (κ2) is 29.7. The van der Waals surface area contributed by atoms with Gasteiger partial charge in [-0.1, -0.05) is 206 Å². The van der Waals surface area contributed by atoms with E-state index in [9.17, 15) is 9.90 Å². The molecular formula is C44H87NO4. The maximum absolute atomic E-state index is 12.8. The molecule has 0 radical (unpaired) electrons. The Labute approximate surface area is 306 Å². The van der Waals surface area contributed by atoms with E-state index in [0.29, 0.717) is 13.0 Å². The van der Waals surface area contributed by atoms with Gasteiger partial charge in [-0.05, 0) is 41.0 Å². The van der Waals surface area contributed by atoms with E-state index in [1.165, 1.54) is 186 Å². The summed E-state index contributed by atoms with van der Waals surface area (Å²) in [5.74, 6) is 0. The van der Waals surface area contributed by atoms with Gasteiger partial charge in [0.15, 0.2) is 0 Å². The van der Waals surface area contributed by atoms with Crippen LogP contribution in [-0.4, -0.2) is 46.2 Å². The highest BCUT2D eigenvalue weighted by molar-refractivity contribution is 5.69. The predicted octanol–water partition coefficient (Wildman–Crippen LogP) is 14.2. The van der Waals surface area contributed by atoms with Crippen molar-refractivity contribution >= 4 is 6.09 Å². The van der Waals surface area contributed by atoms with Crippen LogP contribution < -0.4 is 0 Å². The summed E-state index contributed by atoms with van der Waals surface area (Å²) in [4.78, 5) is 14.4. The second-order valence-corrected chi connectivity index (χ2v) is 17.1. The summed E-state index contributed by atoms with van der Waals surface area (Å²) in [5.41, 5.74) is -1.34. The molecule has 0 aromatic heterocycles. The molecule has 0 aliphatic carbocycles. The number of nitrogens with zero attached hydrogens (tertiary/aromatic N) is 1. The molecule has 0 unspecified atom stereocenters. The van der Waals surface area contributed by atoms with Gasteiger partial charge in [-0.2, -0.15) is 0 Å². The molecular weight excluding hydrogens is 606 g/mol. The fraction of sp³-hybridized carbons (Fsp3) is 0.977. The number of aliphatic hydroxyl groups excluding tert-OH is 1. The molecule has 49 heavy (non-hydrogen) atoms. The van der Waals surface area contributed by atoms with Crippen molar-refractivity contribution in [3.05, 3.63) is 0 Å². The van der Waals surface area contributed by atoms with E-state index in [1.54, 1.807) is 4.90 Å². The van der Waals surface area contributed by atoms with Crippen LogP contribution in [0.5, 0.6) is 0 Å². The lowest BCUT2D eigenvalue weighted by molar-refractivity contribution is -0.0681. The van der Waals surface area contributed by atoms with Gasteiger partial charge in [0, 0.05) is 0 Å². The maximum atomic E-state index is 12.8. The van der Waals surface area contributed by atoms with Crippen LogP contribution in [0.25, 0.3) is 0 Å². The van der Waals surface area contributed by atoms with Gasteiger partial charge in [0.1, 0.15) is 11.3 Å². The number of carbonyl (C=O) groups excluding carboxylic acids is 1. The lowest BCUT2D eigenvalue weighted by Crippen LogP contribution is -2.53. The molecule has 5 heteroatoms. The molecule has 1 heterocycles. The molecule has 1 saturated heterocycles. The van der Waals surface area contributed by atoms with Gasteiger partial charge in [-0.3, -0.25) is 4.90 Å². The Morgan fingerprint density at radius 1 is 0.612 bits per heavy atom. The van der Waals surface area contributed by atoms with Gasteiger partial charge in [-0.15, -0.1) is 0 Å². The van der Waals surface area contributed by atoms with E-state index in [0.717, 1.165) is 12.8 Å². The van der Waals surface area contributed by atoms with E-state index in [4.69, 9.17) is 9.47 Å². The first kappa shape index (κ1) is 46.2. The molecule has 0 saturated carbocycles. The second-order valence-electron chi connectivity index (χ2n) is 17.1. The predicted molar refractivity (Wildman–Crippen MR) is 211 cm³/mol. The van der Waals surface area contributed by atoms with Crippen molar-refractivity contribution in [3.63, 3.8) is 0 Å². The smallest absolute Gasteiger partial charge is 0.412 e. The minimum absolute atomic E-state index is 0.349. The van der Waals surface area contributed by atoms with Crippen molar-refractivity contribution in [1.82, 2.24) is 4.90 Å². The summed E-state index contributed by atoms with van der Waals surface area (Å²) in [7, 11) is 0. The highest BCUT2D eigenvalue weighted by Gasteiger charge is 2.48. The Balaban J connectivity index is 1.80. The Morgan fingerprint density at radius 2 is 0.898 bits per heavy atom. The average molecular weight is 694 g/mol. The van der Waals surface area contributed by atoms with Crippen molar-refractivity contribution in [2.75, 3.05) is 6.61 Å². The lowest BCUT2D eigenvalue weighted by Gasteiger charge is -2.36. The first-order valence-corrected chi connectivity index (χ1v) is 21.9. The van der Waals surface area contributed by atoms with Gasteiger partial charge in [-0.25, -0.2) is 4.79 Å². The molecule has 0 bridgehead atoms. The summed E-state index contributed by atoms with van der Waals surface area (Å²) in [6.45, 7) is 12.0. The zero-order chi connectivity index (χ0) is 36.1. The number of amides is 1.